The molecule has 1 aromatic rings. The van der Waals surface area contributed by atoms with Crippen LogP contribution in [0.15, 0.2) is 18.2 Å². The lowest BCUT2D eigenvalue weighted by Gasteiger charge is -2.37. The number of ether oxygens (including phenoxy) is 1. The molecule has 5 heteroatoms. The summed E-state index contributed by atoms with van der Waals surface area (Å²) in [6, 6.07) is 3.64. The van der Waals surface area contributed by atoms with Crippen LogP contribution in [0.25, 0.3) is 0 Å². The zero-order valence-corrected chi connectivity index (χ0v) is 15.3. The first-order chi connectivity index (χ1) is 11.8. The lowest BCUT2D eigenvalue weighted by Crippen LogP contribution is -2.41. The van der Waals surface area contributed by atoms with Crippen molar-refractivity contribution in [2.75, 3.05) is 0 Å². The fourth-order valence-electron chi connectivity index (χ4n) is 4.20. The van der Waals surface area contributed by atoms with Crippen LogP contribution in [-0.2, 0) is 4.74 Å². The van der Waals surface area contributed by atoms with Crippen molar-refractivity contribution in [3.63, 3.8) is 0 Å². The molecule has 0 unspecified atom stereocenters. The summed E-state index contributed by atoms with van der Waals surface area (Å²) < 4.78 is 19.3. The van der Waals surface area contributed by atoms with Gasteiger partial charge in [-0.1, -0.05) is 33.3 Å². The first-order valence-corrected chi connectivity index (χ1v) is 9.13. The SMILES string of the molecule is CC(C)[C@@H]1CC[C@@H](C)C[C@H]1OC(=O)N1C(=O)c2cc(F)ccc2[C@H]1C. The summed E-state index contributed by atoms with van der Waals surface area (Å²) in [5, 5.41) is 0. The number of halogens is 1. The first-order valence-electron chi connectivity index (χ1n) is 9.13. The minimum Gasteiger partial charge on any atom is -0.445 e. The fourth-order valence-corrected chi connectivity index (χ4v) is 4.20. The number of fused-ring (bicyclic) bond motifs is 1. The third kappa shape index (κ3) is 3.29. The second-order valence-electron chi connectivity index (χ2n) is 7.83. The number of carbonyl (C=O) groups is 2. The van der Waals surface area contributed by atoms with Gasteiger partial charge in [-0.2, -0.15) is 0 Å². The lowest BCUT2D eigenvalue weighted by molar-refractivity contribution is -0.0107. The predicted octanol–water partition coefficient (Wildman–Crippen LogP) is 4.94. The molecule has 1 saturated carbocycles. The van der Waals surface area contributed by atoms with Crippen LogP contribution in [0.3, 0.4) is 0 Å². The van der Waals surface area contributed by atoms with Gasteiger partial charge < -0.3 is 4.74 Å². The van der Waals surface area contributed by atoms with Crippen LogP contribution >= 0.6 is 0 Å². The standard InChI is InChI=1S/C20H26FNO3/c1-11(2)15-7-5-12(3)9-18(15)25-20(24)22-13(4)16-8-6-14(21)10-17(16)19(22)23/h6,8,10-13,15,18H,5,7,9H2,1-4H3/t12-,13-,15+,18-/m1/s1. The summed E-state index contributed by atoms with van der Waals surface area (Å²) in [5.41, 5.74) is 0.919. The number of rotatable bonds is 2. The average molecular weight is 347 g/mol. The third-order valence-electron chi connectivity index (χ3n) is 5.71. The maximum Gasteiger partial charge on any atom is 0.417 e. The molecule has 3 rings (SSSR count). The Morgan fingerprint density at radius 1 is 1.28 bits per heavy atom. The van der Waals surface area contributed by atoms with Crippen molar-refractivity contribution in [1.29, 1.82) is 0 Å². The molecular weight excluding hydrogens is 321 g/mol. The molecule has 0 aromatic heterocycles. The molecule has 4 nitrogen and oxygen atoms in total. The minimum absolute atomic E-state index is 0.170. The Kier molecular flexibility index (Phi) is 4.85. The zero-order valence-electron chi connectivity index (χ0n) is 15.3. The van der Waals surface area contributed by atoms with Crippen molar-refractivity contribution in [2.45, 2.75) is 59.1 Å². The predicted molar refractivity (Wildman–Crippen MR) is 92.6 cm³/mol. The van der Waals surface area contributed by atoms with E-state index in [1.165, 1.54) is 12.1 Å². The highest BCUT2D eigenvalue weighted by Gasteiger charge is 2.42. The van der Waals surface area contributed by atoms with Crippen molar-refractivity contribution in [2.24, 2.45) is 17.8 Å². The minimum atomic E-state index is -0.612. The molecule has 1 fully saturated rings. The molecule has 1 aromatic carbocycles. The van der Waals surface area contributed by atoms with Crippen LogP contribution in [0.1, 0.15) is 68.9 Å². The number of hydrogen-bond donors (Lipinski definition) is 0. The Morgan fingerprint density at radius 2 is 2.00 bits per heavy atom. The van der Waals surface area contributed by atoms with Crippen molar-refractivity contribution >= 4 is 12.0 Å². The van der Waals surface area contributed by atoms with Gasteiger partial charge in [0, 0.05) is 5.56 Å². The molecule has 1 heterocycles. The fraction of sp³-hybridized carbons (Fsp3) is 0.600. The summed E-state index contributed by atoms with van der Waals surface area (Å²) >= 11 is 0. The molecule has 1 aliphatic heterocycles. The van der Waals surface area contributed by atoms with Gasteiger partial charge >= 0.3 is 6.09 Å². The van der Waals surface area contributed by atoms with Gasteiger partial charge in [-0.05, 0) is 55.2 Å². The summed E-state index contributed by atoms with van der Waals surface area (Å²) in [7, 11) is 0. The first kappa shape index (κ1) is 17.9. The molecule has 1 aliphatic carbocycles. The molecule has 0 saturated heterocycles. The number of hydrogen-bond acceptors (Lipinski definition) is 3. The van der Waals surface area contributed by atoms with Gasteiger partial charge in [-0.3, -0.25) is 4.79 Å². The smallest absolute Gasteiger partial charge is 0.417 e. The third-order valence-corrected chi connectivity index (χ3v) is 5.71. The van der Waals surface area contributed by atoms with E-state index in [-0.39, 0.29) is 11.7 Å². The van der Waals surface area contributed by atoms with E-state index in [0.29, 0.717) is 23.3 Å². The van der Waals surface area contributed by atoms with Gasteiger partial charge in [0.1, 0.15) is 11.9 Å². The molecule has 2 aliphatic rings. The number of nitrogens with zero attached hydrogens (tertiary/aromatic N) is 1. The molecular formula is C20H26FNO3. The molecule has 2 amide bonds. The maximum absolute atomic E-state index is 13.5. The Morgan fingerprint density at radius 3 is 2.68 bits per heavy atom. The number of imide groups is 1. The Balaban J connectivity index is 1.78. The molecule has 0 spiro atoms. The number of carbonyl (C=O) groups excluding carboxylic acids is 2. The topological polar surface area (TPSA) is 46.6 Å². The highest BCUT2D eigenvalue weighted by atomic mass is 19.1. The number of benzene rings is 1. The van der Waals surface area contributed by atoms with Gasteiger partial charge in [0.15, 0.2) is 0 Å². The van der Waals surface area contributed by atoms with Gasteiger partial charge in [-0.25, -0.2) is 14.1 Å². The maximum atomic E-state index is 13.5. The monoisotopic (exact) mass is 347 g/mol. The van der Waals surface area contributed by atoms with E-state index in [9.17, 15) is 14.0 Å². The van der Waals surface area contributed by atoms with E-state index in [2.05, 4.69) is 20.8 Å². The van der Waals surface area contributed by atoms with Crippen LogP contribution in [-0.4, -0.2) is 23.0 Å². The van der Waals surface area contributed by atoms with Crippen LogP contribution in [0.5, 0.6) is 0 Å². The zero-order chi connectivity index (χ0) is 18.3. The van der Waals surface area contributed by atoms with Crippen LogP contribution < -0.4 is 0 Å². The summed E-state index contributed by atoms with van der Waals surface area (Å²) in [4.78, 5) is 26.5. The summed E-state index contributed by atoms with van der Waals surface area (Å²) in [6.45, 7) is 8.22. The molecule has 0 bridgehead atoms. The quantitative estimate of drug-likeness (QED) is 0.761. The van der Waals surface area contributed by atoms with Crippen LogP contribution in [0.2, 0.25) is 0 Å². The van der Waals surface area contributed by atoms with Crippen LogP contribution in [0.4, 0.5) is 9.18 Å². The molecule has 0 N–H and O–H groups in total. The highest BCUT2D eigenvalue weighted by Crippen LogP contribution is 2.38. The molecule has 25 heavy (non-hydrogen) atoms. The highest BCUT2D eigenvalue weighted by molar-refractivity contribution is 6.07. The van der Waals surface area contributed by atoms with Gasteiger partial charge in [0.2, 0.25) is 0 Å². The second kappa shape index (κ2) is 6.77. The summed E-state index contributed by atoms with van der Waals surface area (Å²) in [5.74, 6) is 0.287. The van der Waals surface area contributed by atoms with E-state index in [0.717, 1.165) is 24.2 Å². The van der Waals surface area contributed by atoms with Crippen molar-refractivity contribution < 1.29 is 18.7 Å². The lowest BCUT2D eigenvalue weighted by atomic mass is 9.75. The molecule has 136 valence electrons. The Hall–Kier alpha value is -1.91. The normalized spacial score (nSPS) is 29.0. The van der Waals surface area contributed by atoms with E-state index in [4.69, 9.17) is 4.74 Å². The Bertz CT molecular complexity index is 688. The van der Waals surface area contributed by atoms with Gasteiger partial charge in [0.05, 0.1) is 6.04 Å². The van der Waals surface area contributed by atoms with E-state index < -0.39 is 23.9 Å². The average Bonchev–Trinajstić information content (AvgIpc) is 2.78. The second-order valence-corrected chi connectivity index (χ2v) is 7.83. The molecule has 0 radical (unpaired) electrons. The van der Waals surface area contributed by atoms with Crippen molar-refractivity contribution in [1.82, 2.24) is 4.90 Å². The van der Waals surface area contributed by atoms with Crippen molar-refractivity contribution in [3.8, 4) is 0 Å². The van der Waals surface area contributed by atoms with Crippen molar-refractivity contribution in [3.05, 3.63) is 35.1 Å². The van der Waals surface area contributed by atoms with Gasteiger partial charge in [-0.15, -0.1) is 0 Å². The number of amides is 2. The molecule has 4 atom stereocenters. The van der Waals surface area contributed by atoms with Gasteiger partial charge in [0.25, 0.3) is 5.91 Å². The van der Waals surface area contributed by atoms with E-state index in [1.807, 2.05) is 0 Å². The Labute approximate surface area is 148 Å². The largest absolute Gasteiger partial charge is 0.445 e. The van der Waals surface area contributed by atoms with E-state index >= 15 is 0 Å². The van der Waals surface area contributed by atoms with Crippen LogP contribution in [0, 0.1) is 23.6 Å². The van der Waals surface area contributed by atoms with E-state index in [1.54, 1.807) is 13.0 Å². The summed E-state index contributed by atoms with van der Waals surface area (Å²) in [6.07, 6.45) is 2.22.